The Morgan fingerprint density at radius 1 is 1.44 bits per heavy atom. The van der Waals surface area contributed by atoms with Crippen LogP contribution in [0.5, 0.6) is 0 Å². The minimum atomic E-state index is 0.521. The van der Waals surface area contributed by atoms with E-state index in [2.05, 4.69) is 32.4 Å². The molecule has 0 unspecified atom stereocenters. The van der Waals surface area contributed by atoms with E-state index in [1.54, 1.807) is 11.3 Å². The summed E-state index contributed by atoms with van der Waals surface area (Å²) in [5, 5.41) is 2.82. The van der Waals surface area contributed by atoms with Crippen molar-refractivity contribution in [3.05, 3.63) is 28.5 Å². The summed E-state index contributed by atoms with van der Waals surface area (Å²) in [7, 11) is 2.03. The standard InChI is InChI=1S/C12H16N4S2/c1-16(6-5-9-4-3-7-18-9)11-8-10(13)14-12(15-11)17-2/h3-4,7-8H,5-6H2,1-2H3,(H2,13,14,15). The van der Waals surface area contributed by atoms with E-state index in [1.165, 1.54) is 16.6 Å². The first kappa shape index (κ1) is 13.2. The molecule has 96 valence electrons. The van der Waals surface area contributed by atoms with Crippen molar-refractivity contribution in [2.24, 2.45) is 0 Å². The quantitative estimate of drug-likeness (QED) is 0.674. The van der Waals surface area contributed by atoms with Crippen LogP contribution in [0.2, 0.25) is 0 Å². The van der Waals surface area contributed by atoms with Crippen molar-refractivity contribution in [2.45, 2.75) is 11.6 Å². The SMILES string of the molecule is CSc1nc(N)cc(N(C)CCc2cccs2)n1. The first-order valence-corrected chi connectivity index (χ1v) is 7.71. The Balaban J connectivity index is 2.03. The molecule has 0 fully saturated rings. The second kappa shape index (κ2) is 6.06. The minimum absolute atomic E-state index is 0.521. The van der Waals surface area contributed by atoms with E-state index in [1.807, 2.05) is 19.4 Å². The van der Waals surface area contributed by atoms with Gasteiger partial charge in [-0.25, -0.2) is 9.97 Å². The predicted octanol–water partition coefficient (Wildman–Crippen LogP) is 2.52. The molecule has 0 spiro atoms. The molecule has 0 saturated carbocycles. The van der Waals surface area contributed by atoms with Crippen LogP contribution in [0.3, 0.4) is 0 Å². The number of rotatable bonds is 5. The molecular weight excluding hydrogens is 264 g/mol. The zero-order valence-electron chi connectivity index (χ0n) is 10.5. The lowest BCUT2D eigenvalue weighted by atomic mass is 10.3. The molecule has 2 rings (SSSR count). The third-order valence-electron chi connectivity index (χ3n) is 2.56. The molecule has 0 saturated heterocycles. The van der Waals surface area contributed by atoms with Gasteiger partial charge in [-0.05, 0) is 24.1 Å². The van der Waals surface area contributed by atoms with Crippen LogP contribution in [0.25, 0.3) is 0 Å². The van der Waals surface area contributed by atoms with Gasteiger partial charge in [-0.15, -0.1) is 11.3 Å². The third-order valence-corrected chi connectivity index (χ3v) is 4.04. The Morgan fingerprint density at radius 3 is 2.94 bits per heavy atom. The summed E-state index contributed by atoms with van der Waals surface area (Å²) >= 11 is 3.29. The topological polar surface area (TPSA) is 55.0 Å². The molecular formula is C12H16N4S2. The molecule has 0 aliphatic carbocycles. The Kier molecular flexibility index (Phi) is 4.43. The third kappa shape index (κ3) is 3.36. The Morgan fingerprint density at radius 2 is 2.28 bits per heavy atom. The average Bonchev–Trinajstić information content (AvgIpc) is 2.88. The van der Waals surface area contributed by atoms with Crippen LogP contribution >= 0.6 is 23.1 Å². The number of hydrogen-bond donors (Lipinski definition) is 1. The van der Waals surface area contributed by atoms with Gasteiger partial charge in [0, 0.05) is 24.5 Å². The van der Waals surface area contributed by atoms with Gasteiger partial charge >= 0.3 is 0 Å². The van der Waals surface area contributed by atoms with E-state index in [4.69, 9.17) is 5.73 Å². The normalized spacial score (nSPS) is 10.6. The minimum Gasteiger partial charge on any atom is -0.383 e. The summed E-state index contributed by atoms with van der Waals surface area (Å²) in [4.78, 5) is 12.1. The molecule has 0 bridgehead atoms. The van der Waals surface area contributed by atoms with Crippen LogP contribution in [-0.4, -0.2) is 29.8 Å². The van der Waals surface area contributed by atoms with E-state index in [-0.39, 0.29) is 0 Å². The molecule has 2 heterocycles. The van der Waals surface area contributed by atoms with Crippen LogP contribution in [-0.2, 0) is 6.42 Å². The molecule has 4 nitrogen and oxygen atoms in total. The lowest BCUT2D eigenvalue weighted by Gasteiger charge is -2.18. The summed E-state index contributed by atoms with van der Waals surface area (Å²) in [5.41, 5.74) is 5.77. The Bertz CT molecular complexity index is 499. The highest BCUT2D eigenvalue weighted by Crippen LogP contribution is 2.18. The second-order valence-electron chi connectivity index (χ2n) is 3.89. The fourth-order valence-electron chi connectivity index (χ4n) is 1.56. The summed E-state index contributed by atoms with van der Waals surface area (Å²) in [6, 6.07) is 6.04. The van der Waals surface area contributed by atoms with Gasteiger partial charge in [-0.2, -0.15) is 0 Å². The number of thiophene rings is 1. The fourth-order valence-corrected chi connectivity index (χ4v) is 2.64. The van der Waals surface area contributed by atoms with E-state index in [0.29, 0.717) is 11.0 Å². The lowest BCUT2D eigenvalue weighted by Crippen LogP contribution is -2.21. The number of nitrogens with zero attached hydrogens (tertiary/aromatic N) is 3. The van der Waals surface area contributed by atoms with Crippen molar-refractivity contribution in [1.82, 2.24) is 9.97 Å². The lowest BCUT2D eigenvalue weighted by molar-refractivity contribution is 0.842. The molecule has 0 aliphatic heterocycles. The zero-order valence-corrected chi connectivity index (χ0v) is 12.1. The molecule has 0 amide bonds. The van der Waals surface area contributed by atoms with Crippen molar-refractivity contribution < 1.29 is 0 Å². The van der Waals surface area contributed by atoms with Gasteiger partial charge in [-0.1, -0.05) is 17.8 Å². The summed E-state index contributed by atoms with van der Waals surface area (Å²) < 4.78 is 0. The van der Waals surface area contributed by atoms with Gasteiger partial charge < -0.3 is 10.6 Å². The molecule has 2 aromatic heterocycles. The molecule has 2 N–H and O–H groups in total. The monoisotopic (exact) mass is 280 g/mol. The van der Waals surface area contributed by atoms with Crippen LogP contribution in [0, 0.1) is 0 Å². The number of thioether (sulfide) groups is 1. The number of nitrogens with two attached hydrogens (primary N) is 1. The molecule has 0 aliphatic rings. The zero-order chi connectivity index (χ0) is 13.0. The Labute approximate surface area is 115 Å². The van der Waals surface area contributed by atoms with Crippen LogP contribution in [0.4, 0.5) is 11.6 Å². The average molecular weight is 280 g/mol. The van der Waals surface area contributed by atoms with E-state index in [9.17, 15) is 0 Å². The van der Waals surface area contributed by atoms with Gasteiger partial charge in [0.05, 0.1) is 0 Å². The summed E-state index contributed by atoms with van der Waals surface area (Å²) in [6.45, 7) is 0.921. The highest BCUT2D eigenvalue weighted by atomic mass is 32.2. The number of likely N-dealkylation sites (N-methyl/N-ethyl adjacent to an activating group) is 1. The maximum Gasteiger partial charge on any atom is 0.191 e. The maximum atomic E-state index is 5.77. The molecule has 18 heavy (non-hydrogen) atoms. The van der Waals surface area contributed by atoms with Gasteiger partial charge in [0.25, 0.3) is 0 Å². The fraction of sp³-hybridized carbons (Fsp3) is 0.333. The number of anilines is 2. The van der Waals surface area contributed by atoms with Crippen molar-refractivity contribution in [1.29, 1.82) is 0 Å². The second-order valence-corrected chi connectivity index (χ2v) is 5.69. The molecule has 0 aromatic carbocycles. The van der Waals surface area contributed by atoms with E-state index >= 15 is 0 Å². The molecule has 0 radical (unpaired) electrons. The van der Waals surface area contributed by atoms with Gasteiger partial charge in [0.15, 0.2) is 5.16 Å². The predicted molar refractivity (Wildman–Crippen MR) is 79.5 cm³/mol. The first-order valence-electron chi connectivity index (χ1n) is 5.61. The van der Waals surface area contributed by atoms with Crippen molar-refractivity contribution in [3.63, 3.8) is 0 Å². The van der Waals surface area contributed by atoms with Crippen molar-refractivity contribution in [3.8, 4) is 0 Å². The largest absolute Gasteiger partial charge is 0.383 e. The Hall–Kier alpha value is -1.27. The first-order chi connectivity index (χ1) is 8.69. The highest BCUT2D eigenvalue weighted by Gasteiger charge is 2.07. The molecule has 0 atom stereocenters. The smallest absolute Gasteiger partial charge is 0.191 e. The van der Waals surface area contributed by atoms with E-state index in [0.717, 1.165) is 18.8 Å². The van der Waals surface area contributed by atoms with E-state index < -0.39 is 0 Å². The van der Waals surface area contributed by atoms with Crippen LogP contribution < -0.4 is 10.6 Å². The molecule has 2 aromatic rings. The number of nitrogen functional groups attached to an aromatic ring is 1. The maximum absolute atomic E-state index is 5.77. The number of aromatic nitrogens is 2. The van der Waals surface area contributed by atoms with Gasteiger partial charge in [0.1, 0.15) is 11.6 Å². The summed E-state index contributed by atoms with van der Waals surface area (Å²) in [5.74, 6) is 1.40. The van der Waals surface area contributed by atoms with Crippen molar-refractivity contribution in [2.75, 3.05) is 30.5 Å². The van der Waals surface area contributed by atoms with Crippen molar-refractivity contribution >= 4 is 34.7 Å². The van der Waals surface area contributed by atoms with Crippen LogP contribution in [0.15, 0.2) is 28.7 Å². The van der Waals surface area contributed by atoms with Crippen LogP contribution in [0.1, 0.15) is 4.88 Å². The van der Waals surface area contributed by atoms with Gasteiger partial charge in [0.2, 0.25) is 0 Å². The number of hydrogen-bond acceptors (Lipinski definition) is 6. The van der Waals surface area contributed by atoms with Gasteiger partial charge in [-0.3, -0.25) is 0 Å². The summed E-state index contributed by atoms with van der Waals surface area (Å²) in [6.07, 6.45) is 2.97. The highest BCUT2D eigenvalue weighted by molar-refractivity contribution is 7.98. The molecule has 6 heteroatoms.